The maximum absolute atomic E-state index is 10.9. The Morgan fingerprint density at radius 2 is 2.23 bits per heavy atom. The van der Waals surface area contributed by atoms with Crippen LogP contribution >= 0.6 is 0 Å². The molecular weight excluding hydrogens is 166 g/mol. The van der Waals surface area contributed by atoms with Gasteiger partial charge in [-0.25, -0.2) is 0 Å². The molecule has 0 rings (SSSR count). The molecule has 3 N–H and O–H groups in total. The van der Waals surface area contributed by atoms with E-state index in [0.717, 1.165) is 0 Å². The first-order valence-electron chi connectivity index (χ1n) is 4.29. The zero-order valence-corrected chi connectivity index (χ0v) is 8.42. The summed E-state index contributed by atoms with van der Waals surface area (Å²) < 4.78 is 0. The lowest BCUT2D eigenvalue weighted by atomic mass is 9.86. The summed E-state index contributed by atoms with van der Waals surface area (Å²) in [6, 6.07) is 1.80. The highest BCUT2D eigenvalue weighted by molar-refractivity contribution is 5.77. The highest BCUT2D eigenvalue weighted by Crippen LogP contribution is 2.16. The average Bonchev–Trinajstić information content (AvgIpc) is 2.01. The van der Waals surface area contributed by atoms with Crippen molar-refractivity contribution >= 4 is 5.91 Å². The molecular formula is C9H17N3O. The van der Waals surface area contributed by atoms with Crippen LogP contribution in [0, 0.1) is 16.7 Å². The SMILES string of the molecule is C[C@@H](N)C(C)(C)CNC(=O)CC#N. The number of nitrogens with two attached hydrogens (primary N) is 1. The van der Waals surface area contributed by atoms with Crippen LogP contribution < -0.4 is 11.1 Å². The number of nitrogens with one attached hydrogen (secondary N) is 1. The second-order valence-corrected chi connectivity index (χ2v) is 3.89. The Kier molecular flexibility index (Phi) is 4.43. The van der Waals surface area contributed by atoms with Crippen LogP contribution in [-0.2, 0) is 4.79 Å². The van der Waals surface area contributed by atoms with Crippen LogP contribution in [0.15, 0.2) is 0 Å². The molecule has 4 heteroatoms. The average molecular weight is 183 g/mol. The smallest absolute Gasteiger partial charge is 0.234 e. The van der Waals surface area contributed by atoms with Crippen molar-refractivity contribution in [1.29, 1.82) is 5.26 Å². The van der Waals surface area contributed by atoms with Crippen LogP contribution in [0.1, 0.15) is 27.2 Å². The summed E-state index contributed by atoms with van der Waals surface area (Å²) >= 11 is 0. The van der Waals surface area contributed by atoms with E-state index in [0.29, 0.717) is 6.54 Å². The van der Waals surface area contributed by atoms with Gasteiger partial charge in [-0.05, 0) is 12.3 Å². The quantitative estimate of drug-likeness (QED) is 0.661. The van der Waals surface area contributed by atoms with Gasteiger partial charge in [0.1, 0.15) is 6.42 Å². The van der Waals surface area contributed by atoms with Crippen LogP contribution in [0.4, 0.5) is 0 Å². The lowest BCUT2D eigenvalue weighted by Crippen LogP contribution is -2.44. The summed E-state index contributed by atoms with van der Waals surface area (Å²) in [5.41, 5.74) is 5.58. The van der Waals surface area contributed by atoms with Crippen LogP contribution in [0.2, 0.25) is 0 Å². The minimum atomic E-state index is -0.240. The molecule has 0 unspecified atom stereocenters. The van der Waals surface area contributed by atoms with Crippen LogP contribution in [-0.4, -0.2) is 18.5 Å². The highest BCUT2D eigenvalue weighted by atomic mass is 16.1. The van der Waals surface area contributed by atoms with Gasteiger partial charge in [-0.1, -0.05) is 13.8 Å². The summed E-state index contributed by atoms with van der Waals surface area (Å²) in [4.78, 5) is 10.9. The Bertz CT molecular complexity index is 215. The number of nitrogens with zero attached hydrogens (tertiary/aromatic N) is 1. The number of rotatable bonds is 4. The zero-order valence-electron chi connectivity index (χ0n) is 8.42. The largest absolute Gasteiger partial charge is 0.355 e. The van der Waals surface area contributed by atoms with Crippen molar-refractivity contribution < 1.29 is 4.79 Å². The van der Waals surface area contributed by atoms with Gasteiger partial charge in [-0.3, -0.25) is 4.79 Å². The van der Waals surface area contributed by atoms with E-state index in [2.05, 4.69) is 5.32 Å². The molecule has 0 saturated carbocycles. The van der Waals surface area contributed by atoms with E-state index in [1.807, 2.05) is 20.8 Å². The molecule has 0 aromatic heterocycles. The zero-order chi connectivity index (χ0) is 10.5. The molecule has 0 fully saturated rings. The minimum absolute atomic E-state index is 0.00915. The second-order valence-electron chi connectivity index (χ2n) is 3.89. The third kappa shape index (κ3) is 4.48. The molecule has 0 aromatic carbocycles. The Morgan fingerprint density at radius 3 is 2.62 bits per heavy atom. The number of nitriles is 1. The minimum Gasteiger partial charge on any atom is -0.355 e. The molecule has 1 amide bonds. The first-order chi connectivity index (χ1) is 5.90. The fourth-order valence-corrected chi connectivity index (χ4v) is 0.622. The summed E-state index contributed by atoms with van der Waals surface area (Å²) in [5.74, 6) is -0.240. The predicted molar refractivity (Wildman–Crippen MR) is 50.7 cm³/mol. The molecule has 74 valence electrons. The molecule has 0 aliphatic carbocycles. The fourth-order valence-electron chi connectivity index (χ4n) is 0.622. The van der Waals surface area contributed by atoms with Crippen molar-refractivity contribution in [3.8, 4) is 6.07 Å². The number of amides is 1. The van der Waals surface area contributed by atoms with Gasteiger partial charge < -0.3 is 11.1 Å². The van der Waals surface area contributed by atoms with Crippen LogP contribution in [0.5, 0.6) is 0 Å². The van der Waals surface area contributed by atoms with E-state index in [-0.39, 0.29) is 23.8 Å². The topological polar surface area (TPSA) is 78.9 Å². The van der Waals surface area contributed by atoms with Gasteiger partial charge >= 0.3 is 0 Å². The lowest BCUT2D eigenvalue weighted by Gasteiger charge is -2.28. The van der Waals surface area contributed by atoms with Gasteiger partial charge in [0.2, 0.25) is 5.91 Å². The Labute approximate surface area is 79.1 Å². The first-order valence-corrected chi connectivity index (χ1v) is 4.29. The summed E-state index contributed by atoms with van der Waals surface area (Å²) in [5, 5.41) is 10.9. The Hall–Kier alpha value is -1.08. The fraction of sp³-hybridized carbons (Fsp3) is 0.778. The van der Waals surface area contributed by atoms with Crippen molar-refractivity contribution in [1.82, 2.24) is 5.32 Å². The highest BCUT2D eigenvalue weighted by Gasteiger charge is 2.23. The molecule has 0 aliphatic rings. The normalized spacial score (nSPS) is 13.2. The predicted octanol–water partition coefficient (Wildman–Crippen LogP) is 0.390. The van der Waals surface area contributed by atoms with Crippen molar-refractivity contribution in [3.05, 3.63) is 0 Å². The van der Waals surface area contributed by atoms with Crippen molar-refractivity contribution in [2.45, 2.75) is 33.2 Å². The molecule has 0 bridgehead atoms. The molecule has 0 aliphatic heterocycles. The van der Waals surface area contributed by atoms with Crippen LogP contribution in [0.25, 0.3) is 0 Å². The number of hydrogen-bond acceptors (Lipinski definition) is 3. The van der Waals surface area contributed by atoms with Gasteiger partial charge in [0, 0.05) is 12.6 Å². The molecule has 4 nitrogen and oxygen atoms in total. The maximum atomic E-state index is 10.9. The first kappa shape index (κ1) is 11.9. The van der Waals surface area contributed by atoms with Crippen LogP contribution in [0.3, 0.4) is 0 Å². The molecule has 13 heavy (non-hydrogen) atoms. The number of carbonyl (C=O) groups excluding carboxylic acids is 1. The Balaban J connectivity index is 3.89. The van der Waals surface area contributed by atoms with Gasteiger partial charge in [-0.2, -0.15) is 5.26 Å². The maximum Gasteiger partial charge on any atom is 0.234 e. The lowest BCUT2D eigenvalue weighted by molar-refractivity contribution is -0.120. The van der Waals surface area contributed by atoms with Crippen molar-refractivity contribution in [3.63, 3.8) is 0 Å². The van der Waals surface area contributed by atoms with Gasteiger partial charge in [0.05, 0.1) is 6.07 Å². The number of hydrogen-bond donors (Lipinski definition) is 2. The second kappa shape index (κ2) is 4.83. The third-order valence-electron chi connectivity index (χ3n) is 2.21. The van der Waals surface area contributed by atoms with E-state index in [1.165, 1.54) is 0 Å². The molecule has 0 heterocycles. The molecule has 0 radical (unpaired) electrons. The monoisotopic (exact) mass is 183 g/mol. The van der Waals surface area contributed by atoms with E-state index < -0.39 is 0 Å². The molecule has 0 spiro atoms. The third-order valence-corrected chi connectivity index (χ3v) is 2.21. The molecule has 1 atom stereocenters. The van der Waals surface area contributed by atoms with E-state index in [9.17, 15) is 4.79 Å². The van der Waals surface area contributed by atoms with E-state index in [1.54, 1.807) is 6.07 Å². The summed E-state index contributed by atoms with van der Waals surface area (Å²) in [6.45, 7) is 6.36. The van der Waals surface area contributed by atoms with Gasteiger partial charge in [-0.15, -0.1) is 0 Å². The molecule has 0 saturated heterocycles. The standard InChI is InChI=1S/C9H17N3O/c1-7(11)9(2,3)6-12-8(13)4-5-10/h7H,4,6,11H2,1-3H3,(H,12,13)/t7-/m1/s1. The summed E-state index contributed by atoms with van der Waals surface area (Å²) in [7, 11) is 0. The van der Waals surface area contributed by atoms with Crippen molar-refractivity contribution in [2.75, 3.05) is 6.54 Å². The summed E-state index contributed by atoms with van der Waals surface area (Å²) in [6.07, 6.45) is -0.0883. The van der Waals surface area contributed by atoms with Gasteiger partial charge in [0.25, 0.3) is 0 Å². The Morgan fingerprint density at radius 1 is 1.69 bits per heavy atom. The number of carbonyl (C=O) groups is 1. The van der Waals surface area contributed by atoms with E-state index >= 15 is 0 Å². The molecule has 0 aromatic rings. The van der Waals surface area contributed by atoms with Gasteiger partial charge in [0.15, 0.2) is 0 Å². The van der Waals surface area contributed by atoms with Crippen molar-refractivity contribution in [2.24, 2.45) is 11.1 Å². The van der Waals surface area contributed by atoms with E-state index in [4.69, 9.17) is 11.0 Å².